The van der Waals surface area contributed by atoms with E-state index in [2.05, 4.69) is 10.3 Å². The van der Waals surface area contributed by atoms with Gasteiger partial charge in [0.15, 0.2) is 0 Å². The van der Waals surface area contributed by atoms with Crippen molar-refractivity contribution in [1.82, 2.24) is 4.98 Å². The molecular formula is C20H20FN3O. The third-order valence-corrected chi connectivity index (χ3v) is 4.99. The second-order valence-electron chi connectivity index (χ2n) is 6.87. The lowest BCUT2D eigenvalue weighted by molar-refractivity contribution is -0.118. The lowest BCUT2D eigenvalue weighted by atomic mass is 9.94. The number of anilines is 2. The second-order valence-corrected chi connectivity index (χ2v) is 6.87. The smallest absolute Gasteiger partial charge is 0.235 e. The van der Waals surface area contributed by atoms with Gasteiger partial charge in [-0.25, -0.2) is 4.39 Å². The number of carbonyl (C=O) groups is 1. The van der Waals surface area contributed by atoms with Gasteiger partial charge in [0.1, 0.15) is 5.82 Å². The van der Waals surface area contributed by atoms with Gasteiger partial charge < -0.3 is 15.2 Å². The normalized spacial score (nSPS) is 15.2. The van der Waals surface area contributed by atoms with E-state index in [1.54, 1.807) is 6.07 Å². The third-order valence-electron chi connectivity index (χ3n) is 4.99. The van der Waals surface area contributed by atoms with Crippen LogP contribution in [0.25, 0.3) is 10.9 Å². The second kappa shape index (κ2) is 5.62. The summed E-state index contributed by atoms with van der Waals surface area (Å²) in [5.41, 5.74) is 3.01. The fourth-order valence-electron chi connectivity index (χ4n) is 3.33. The Morgan fingerprint density at radius 2 is 1.88 bits per heavy atom. The van der Waals surface area contributed by atoms with Gasteiger partial charge in [0.2, 0.25) is 5.91 Å². The molecule has 4 nitrogen and oxygen atoms in total. The molecule has 0 bridgehead atoms. The number of H-pyrrole nitrogens is 1. The summed E-state index contributed by atoms with van der Waals surface area (Å²) in [7, 11) is 3.95. The zero-order valence-electron chi connectivity index (χ0n) is 14.3. The molecule has 1 saturated carbocycles. The fourth-order valence-corrected chi connectivity index (χ4v) is 3.33. The van der Waals surface area contributed by atoms with Gasteiger partial charge >= 0.3 is 0 Å². The maximum absolute atomic E-state index is 13.6. The average Bonchev–Trinajstić information content (AvgIpc) is 3.30. The Kier molecular flexibility index (Phi) is 3.53. The number of aromatic amines is 1. The summed E-state index contributed by atoms with van der Waals surface area (Å²) in [5, 5.41) is 3.80. The molecule has 1 aromatic heterocycles. The van der Waals surface area contributed by atoms with Crippen LogP contribution in [-0.4, -0.2) is 25.0 Å². The molecule has 0 spiro atoms. The molecule has 4 rings (SSSR count). The van der Waals surface area contributed by atoms with E-state index in [1.807, 2.05) is 49.5 Å². The highest BCUT2D eigenvalue weighted by molar-refractivity contribution is 6.04. The predicted molar refractivity (Wildman–Crippen MR) is 98.6 cm³/mol. The maximum Gasteiger partial charge on any atom is 0.235 e. The van der Waals surface area contributed by atoms with Crippen LogP contribution in [-0.2, 0) is 10.2 Å². The number of aromatic nitrogens is 1. The van der Waals surface area contributed by atoms with Crippen LogP contribution >= 0.6 is 0 Å². The van der Waals surface area contributed by atoms with Crippen LogP contribution < -0.4 is 10.2 Å². The van der Waals surface area contributed by atoms with E-state index in [-0.39, 0.29) is 11.7 Å². The van der Waals surface area contributed by atoms with E-state index < -0.39 is 5.41 Å². The van der Waals surface area contributed by atoms with Crippen LogP contribution in [0, 0.1) is 5.82 Å². The van der Waals surface area contributed by atoms with E-state index in [9.17, 15) is 9.18 Å². The Balaban J connectivity index is 1.61. The molecule has 1 heterocycles. The van der Waals surface area contributed by atoms with Crippen molar-refractivity contribution < 1.29 is 9.18 Å². The van der Waals surface area contributed by atoms with Gasteiger partial charge in [-0.3, -0.25) is 4.79 Å². The SMILES string of the molecule is CN(C)c1ccc(NC(=O)C2(c3c[nH]c4ccc(F)cc34)CC2)cc1. The summed E-state index contributed by atoms with van der Waals surface area (Å²) in [4.78, 5) is 18.1. The number of nitrogens with one attached hydrogen (secondary N) is 2. The quantitative estimate of drug-likeness (QED) is 0.755. The molecule has 0 radical (unpaired) electrons. The number of nitrogens with zero attached hydrogens (tertiary/aromatic N) is 1. The molecule has 1 aliphatic rings. The van der Waals surface area contributed by atoms with Crippen molar-refractivity contribution in [1.29, 1.82) is 0 Å². The highest BCUT2D eigenvalue weighted by Crippen LogP contribution is 2.51. The first-order valence-electron chi connectivity index (χ1n) is 8.35. The zero-order valence-corrected chi connectivity index (χ0v) is 14.3. The first-order valence-corrected chi connectivity index (χ1v) is 8.35. The van der Waals surface area contributed by atoms with Crippen LogP contribution in [0.5, 0.6) is 0 Å². The average molecular weight is 337 g/mol. The first kappa shape index (κ1) is 15.7. The van der Waals surface area contributed by atoms with E-state index in [4.69, 9.17) is 0 Å². The van der Waals surface area contributed by atoms with E-state index in [0.717, 1.165) is 40.7 Å². The summed E-state index contributed by atoms with van der Waals surface area (Å²) in [5.74, 6) is -0.320. The largest absolute Gasteiger partial charge is 0.378 e. The minimum absolute atomic E-state index is 0.0322. The van der Waals surface area contributed by atoms with E-state index in [1.165, 1.54) is 12.1 Å². The van der Waals surface area contributed by atoms with Crippen molar-refractivity contribution >= 4 is 28.2 Å². The number of benzene rings is 2. The Morgan fingerprint density at radius 3 is 2.52 bits per heavy atom. The molecule has 128 valence electrons. The van der Waals surface area contributed by atoms with Crippen LogP contribution in [0.15, 0.2) is 48.7 Å². The predicted octanol–water partition coefficient (Wildman–Crippen LogP) is 4.04. The molecule has 0 unspecified atom stereocenters. The van der Waals surface area contributed by atoms with Gasteiger partial charge in [0.05, 0.1) is 5.41 Å². The van der Waals surface area contributed by atoms with Crippen LogP contribution in [0.4, 0.5) is 15.8 Å². The topological polar surface area (TPSA) is 48.1 Å². The van der Waals surface area contributed by atoms with Crippen LogP contribution in [0.2, 0.25) is 0 Å². The maximum atomic E-state index is 13.6. The van der Waals surface area contributed by atoms with Gasteiger partial charge in [-0.1, -0.05) is 0 Å². The van der Waals surface area contributed by atoms with Crippen LogP contribution in [0.1, 0.15) is 18.4 Å². The molecule has 0 saturated heterocycles. The number of rotatable bonds is 4. The Morgan fingerprint density at radius 1 is 1.16 bits per heavy atom. The van der Waals surface area contributed by atoms with Gasteiger partial charge in [-0.05, 0) is 60.9 Å². The monoisotopic (exact) mass is 337 g/mol. The van der Waals surface area contributed by atoms with Gasteiger partial charge in [-0.2, -0.15) is 0 Å². The van der Waals surface area contributed by atoms with Crippen molar-refractivity contribution in [3.63, 3.8) is 0 Å². The molecule has 3 aromatic rings. The van der Waals surface area contributed by atoms with Gasteiger partial charge in [0.25, 0.3) is 0 Å². The summed E-state index contributed by atoms with van der Waals surface area (Å²) >= 11 is 0. The third kappa shape index (κ3) is 2.65. The zero-order chi connectivity index (χ0) is 17.6. The Bertz CT molecular complexity index is 939. The molecule has 2 aromatic carbocycles. The fraction of sp³-hybridized carbons (Fsp3) is 0.250. The van der Waals surface area contributed by atoms with Crippen molar-refractivity contribution in [2.45, 2.75) is 18.3 Å². The number of fused-ring (bicyclic) bond motifs is 1. The molecule has 0 aliphatic heterocycles. The Labute approximate surface area is 145 Å². The van der Waals surface area contributed by atoms with E-state index in [0.29, 0.717) is 0 Å². The lowest BCUT2D eigenvalue weighted by Gasteiger charge is -2.16. The molecule has 5 heteroatoms. The summed E-state index contributed by atoms with van der Waals surface area (Å²) in [6.45, 7) is 0. The summed E-state index contributed by atoms with van der Waals surface area (Å²) in [6.07, 6.45) is 3.39. The molecule has 1 fully saturated rings. The minimum Gasteiger partial charge on any atom is -0.378 e. The molecule has 1 amide bonds. The van der Waals surface area contributed by atoms with Crippen molar-refractivity contribution in [3.05, 3.63) is 60.0 Å². The highest BCUT2D eigenvalue weighted by Gasteiger charge is 2.52. The van der Waals surface area contributed by atoms with Crippen molar-refractivity contribution in [3.8, 4) is 0 Å². The van der Waals surface area contributed by atoms with E-state index >= 15 is 0 Å². The molecule has 25 heavy (non-hydrogen) atoms. The first-order chi connectivity index (χ1) is 12.0. The summed E-state index contributed by atoms with van der Waals surface area (Å²) in [6, 6.07) is 12.4. The molecule has 2 N–H and O–H groups in total. The number of hydrogen-bond donors (Lipinski definition) is 2. The standard InChI is InChI=1S/C20H20FN3O/c1-24(2)15-6-4-14(5-7-15)23-19(25)20(9-10-20)17-12-22-18-8-3-13(21)11-16(17)18/h3-8,11-12,22H,9-10H2,1-2H3,(H,23,25). The number of carbonyl (C=O) groups excluding carboxylic acids is 1. The van der Waals surface area contributed by atoms with Crippen LogP contribution in [0.3, 0.4) is 0 Å². The molecule has 1 aliphatic carbocycles. The highest BCUT2D eigenvalue weighted by atomic mass is 19.1. The summed E-state index contributed by atoms with van der Waals surface area (Å²) < 4.78 is 13.6. The lowest BCUT2D eigenvalue weighted by Crippen LogP contribution is -2.27. The van der Waals surface area contributed by atoms with Gasteiger partial charge in [-0.15, -0.1) is 0 Å². The molecule has 0 atom stereocenters. The Hall–Kier alpha value is -2.82. The number of hydrogen-bond acceptors (Lipinski definition) is 2. The minimum atomic E-state index is -0.563. The number of halogens is 1. The van der Waals surface area contributed by atoms with Crippen molar-refractivity contribution in [2.75, 3.05) is 24.3 Å². The van der Waals surface area contributed by atoms with Gasteiger partial charge in [0, 0.05) is 42.6 Å². The number of amides is 1. The molecular weight excluding hydrogens is 317 g/mol. The van der Waals surface area contributed by atoms with Crippen molar-refractivity contribution in [2.24, 2.45) is 0 Å².